The summed E-state index contributed by atoms with van der Waals surface area (Å²) < 4.78 is 80.5. The predicted molar refractivity (Wildman–Crippen MR) is 72.3 cm³/mol. The van der Waals surface area contributed by atoms with E-state index in [1.165, 1.54) is 6.92 Å². The van der Waals surface area contributed by atoms with E-state index in [0.717, 1.165) is 12.1 Å². The van der Waals surface area contributed by atoms with Crippen LogP contribution in [0.3, 0.4) is 0 Å². The van der Waals surface area contributed by atoms with Crippen LogP contribution in [0.1, 0.15) is 18.9 Å². The molecule has 25 heavy (non-hydrogen) atoms. The number of esters is 1. The van der Waals surface area contributed by atoms with Crippen molar-refractivity contribution < 1.29 is 45.8 Å². The van der Waals surface area contributed by atoms with Crippen LogP contribution in [0.25, 0.3) is 0 Å². The minimum absolute atomic E-state index is 0.451. The number of halogens is 6. The lowest BCUT2D eigenvalue weighted by molar-refractivity contribution is -0.262. The van der Waals surface area contributed by atoms with Gasteiger partial charge in [-0.05, 0) is 25.1 Å². The Morgan fingerprint density at radius 3 is 2.24 bits per heavy atom. The summed E-state index contributed by atoms with van der Waals surface area (Å²) in [6.07, 6.45) is -12.0. The van der Waals surface area contributed by atoms with Gasteiger partial charge in [0.25, 0.3) is 5.60 Å². The SMILES string of the molecule is CCOC(=O)[C@@](O)(CC(=O)Nc1cccc(C(F)(F)F)c1)C(F)(F)F. The number of rotatable bonds is 5. The normalized spacial score (nSPS) is 14.6. The molecular weight excluding hydrogens is 360 g/mol. The minimum atomic E-state index is -5.52. The van der Waals surface area contributed by atoms with Crippen molar-refractivity contribution in [1.29, 1.82) is 0 Å². The number of nitrogens with one attached hydrogen (secondary N) is 1. The molecule has 0 aliphatic carbocycles. The van der Waals surface area contributed by atoms with Gasteiger partial charge in [-0.2, -0.15) is 26.3 Å². The third-order valence-electron chi connectivity index (χ3n) is 2.97. The molecule has 2 N–H and O–H groups in total. The van der Waals surface area contributed by atoms with Gasteiger partial charge in [-0.3, -0.25) is 4.79 Å². The number of amides is 1. The summed E-state index contributed by atoms with van der Waals surface area (Å²) in [4.78, 5) is 23.0. The van der Waals surface area contributed by atoms with Gasteiger partial charge in [0, 0.05) is 5.69 Å². The molecule has 5 nitrogen and oxygen atoms in total. The Balaban J connectivity index is 2.98. The number of alkyl halides is 6. The van der Waals surface area contributed by atoms with Crippen LogP contribution in [-0.2, 0) is 20.5 Å². The van der Waals surface area contributed by atoms with Crippen LogP contribution < -0.4 is 5.32 Å². The molecule has 0 radical (unpaired) electrons. The topological polar surface area (TPSA) is 75.6 Å². The average molecular weight is 373 g/mol. The highest BCUT2D eigenvalue weighted by molar-refractivity contribution is 5.96. The van der Waals surface area contributed by atoms with Crippen molar-refractivity contribution in [2.45, 2.75) is 31.3 Å². The second kappa shape index (κ2) is 7.30. The number of aliphatic hydroxyl groups is 1. The molecule has 0 saturated carbocycles. The fourth-order valence-electron chi connectivity index (χ4n) is 1.75. The van der Waals surface area contributed by atoms with Crippen molar-refractivity contribution in [3.8, 4) is 0 Å². The first-order valence-corrected chi connectivity index (χ1v) is 6.74. The van der Waals surface area contributed by atoms with Crippen molar-refractivity contribution in [3.05, 3.63) is 29.8 Å². The number of carbonyl (C=O) groups is 2. The quantitative estimate of drug-likeness (QED) is 0.615. The summed E-state index contributed by atoms with van der Waals surface area (Å²) in [6, 6.07) is 3.12. The molecule has 0 aliphatic rings. The van der Waals surface area contributed by atoms with Crippen molar-refractivity contribution >= 4 is 17.6 Å². The summed E-state index contributed by atoms with van der Waals surface area (Å²) in [5.41, 5.74) is -5.70. The van der Waals surface area contributed by atoms with Gasteiger partial charge in [0.05, 0.1) is 18.6 Å². The molecule has 1 amide bonds. The number of carbonyl (C=O) groups excluding carboxylic acids is 2. The van der Waals surface area contributed by atoms with Gasteiger partial charge in [-0.1, -0.05) is 6.07 Å². The Hall–Kier alpha value is -2.30. The summed E-state index contributed by atoms with van der Waals surface area (Å²) in [7, 11) is 0. The number of anilines is 1. The molecule has 1 rings (SSSR count). The van der Waals surface area contributed by atoms with Crippen LogP contribution in [0.15, 0.2) is 24.3 Å². The lowest BCUT2D eigenvalue weighted by Gasteiger charge is -2.27. The van der Waals surface area contributed by atoms with Crippen molar-refractivity contribution in [3.63, 3.8) is 0 Å². The van der Waals surface area contributed by atoms with E-state index in [-0.39, 0.29) is 0 Å². The third kappa shape index (κ3) is 5.08. The average Bonchev–Trinajstić information content (AvgIpc) is 2.45. The second-order valence-corrected chi connectivity index (χ2v) is 4.88. The molecule has 1 atom stereocenters. The molecule has 0 aromatic heterocycles. The van der Waals surface area contributed by atoms with Crippen molar-refractivity contribution in [2.24, 2.45) is 0 Å². The van der Waals surface area contributed by atoms with Crippen LogP contribution in [0.2, 0.25) is 0 Å². The molecule has 0 aliphatic heterocycles. The molecule has 0 spiro atoms. The van der Waals surface area contributed by atoms with Gasteiger partial charge in [0.2, 0.25) is 5.91 Å². The molecule has 0 unspecified atom stereocenters. The van der Waals surface area contributed by atoms with Gasteiger partial charge in [0.1, 0.15) is 0 Å². The van der Waals surface area contributed by atoms with Gasteiger partial charge in [-0.15, -0.1) is 0 Å². The van der Waals surface area contributed by atoms with Gasteiger partial charge in [0.15, 0.2) is 0 Å². The van der Waals surface area contributed by atoms with Gasteiger partial charge in [-0.25, -0.2) is 4.79 Å². The Kier molecular flexibility index (Phi) is 6.05. The Bertz CT molecular complexity index is 643. The molecule has 0 bridgehead atoms. The van der Waals surface area contributed by atoms with E-state index in [0.29, 0.717) is 12.1 Å². The molecule has 0 saturated heterocycles. The minimum Gasteiger partial charge on any atom is -0.464 e. The van der Waals surface area contributed by atoms with Crippen LogP contribution >= 0.6 is 0 Å². The molecule has 1 aromatic carbocycles. The van der Waals surface area contributed by atoms with Gasteiger partial charge < -0.3 is 15.2 Å². The third-order valence-corrected chi connectivity index (χ3v) is 2.97. The summed E-state index contributed by atoms with van der Waals surface area (Å²) >= 11 is 0. The monoisotopic (exact) mass is 373 g/mol. The van der Waals surface area contributed by atoms with E-state index in [1.54, 1.807) is 5.32 Å². The van der Waals surface area contributed by atoms with E-state index in [1.807, 2.05) is 0 Å². The predicted octanol–water partition coefficient (Wildman–Crippen LogP) is 2.89. The number of benzene rings is 1. The number of ether oxygens (including phenoxy) is 1. The fraction of sp³-hybridized carbons (Fsp3) is 0.429. The Morgan fingerprint density at radius 1 is 1.16 bits per heavy atom. The first-order chi connectivity index (χ1) is 11.3. The number of hydrogen-bond acceptors (Lipinski definition) is 4. The van der Waals surface area contributed by atoms with Crippen LogP contribution in [0.5, 0.6) is 0 Å². The Morgan fingerprint density at radius 2 is 1.76 bits per heavy atom. The van der Waals surface area contributed by atoms with E-state index < -0.39 is 54.1 Å². The zero-order chi connectivity index (χ0) is 19.5. The maximum absolute atomic E-state index is 12.9. The standard InChI is InChI=1S/C14H13F6NO4/c1-2-25-11(23)12(24,14(18,19)20)7-10(22)21-9-5-3-4-8(6-9)13(15,16)17/h3-6,24H,2,7H2,1H3,(H,21,22)/t12-/m0/s1. The van der Waals surface area contributed by atoms with Crippen molar-refractivity contribution in [1.82, 2.24) is 0 Å². The zero-order valence-corrected chi connectivity index (χ0v) is 12.7. The summed E-state index contributed by atoms with van der Waals surface area (Å²) in [5.74, 6) is -3.60. The van der Waals surface area contributed by atoms with E-state index in [9.17, 15) is 41.0 Å². The van der Waals surface area contributed by atoms with Crippen LogP contribution in [0.4, 0.5) is 32.0 Å². The maximum atomic E-state index is 12.9. The Labute approximate surface area is 137 Å². The maximum Gasteiger partial charge on any atom is 0.428 e. The van der Waals surface area contributed by atoms with E-state index >= 15 is 0 Å². The van der Waals surface area contributed by atoms with E-state index in [2.05, 4.69) is 4.74 Å². The zero-order valence-electron chi connectivity index (χ0n) is 12.7. The number of hydrogen-bond donors (Lipinski definition) is 2. The molecule has 11 heteroatoms. The highest BCUT2D eigenvalue weighted by Gasteiger charge is 2.61. The molecule has 1 aromatic rings. The highest BCUT2D eigenvalue weighted by atomic mass is 19.4. The lowest BCUT2D eigenvalue weighted by atomic mass is 9.98. The highest BCUT2D eigenvalue weighted by Crippen LogP contribution is 2.35. The summed E-state index contributed by atoms with van der Waals surface area (Å²) in [6.45, 7) is 0.712. The smallest absolute Gasteiger partial charge is 0.428 e. The first-order valence-electron chi connectivity index (χ1n) is 6.74. The summed E-state index contributed by atoms with van der Waals surface area (Å²) in [5, 5.41) is 11.3. The first kappa shape index (κ1) is 20.7. The largest absolute Gasteiger partial charge is 0.464 e. The van der Waals surface area contributed by atoms with Crippen LogP contribution in [-0.4, -0.2) is 35.4 Å². The molecule has 140 valence electrons. The molecular formula is C14H13F6NO4. The second-order valence-electron chi connectivity index (χ2n) is 4.88. The van der Waals surface area contributed by atoms with Crippen LogP contribution in [0, 0.1) is 0 Å². The van der Waals surface area contributed by atoms with Gasteiger partial charge >= 0.3 is 18.3 Å². The molecule has 0 fully saturated rings. The van der Waals surface area contributed by atoms with E-state index in [4.69, 9.17) is 0 Å². The van der Waals surface area contributed by atoms with Crippen molar-refractivity contribution in [2.75, 3.05) is 11.9 Å². The molecule has 0 heterocycles. The lowest BCUT2D eigenvalue weighted by Crippen LogP contribution is -2.54. The fourth-order valence-corrected chi connectivity index (χ4v) is 1.75.